The summed E-state index contributed by atoms with van der Waals surface area (Å²) >= 11 is 0. The molecule has 82 valence electrons. The fourth-order valence-electron chi connectivity index (χ4n) is 1.21. The van der Waals surface area contributed by atoms with Crippen LogP contribution in [-0.2, 0) is 6.54 Å². The van der Waals surface area contributed by atoms with Crippen LogP contribution in [-0.4, -0.2) is 20.9 Å². The number of pyridine rings is 1. The number of rotatable bonds is 3. The molecule has 2 aromatic rings. The molecular formula is C10H10N4O2. The Morgan fingerprint density at radius 1 is 1.38 bits per heavy atom. The van der Waals surface area contributed by atoms with E-state index in [0.717, 1.165) is 0 Å². The molecule has 0 saturated heterocycles. The topological polar surface area (TPSA) is 90.6 Å². The number of aromatic nitrogens is 3. The van der Waals surface area contributed by atoms with E-state index in [1.54, 1.807) is 12.4 Å². The van der Waals surface area contributed by atoms with Crippen LogP contribution < -0.4 is 10.9 Å². The number of aromatic amines is 2. The molecule has 0 spiro atoms. The molecule has 6 nitrogen and oxygen atoms in total. The van der Waals surface area contributed by atoms with Crippen LogP contribution in [0, 0.1) is 0 Å². The number of H-pyrrole nitrogens is 2. The highest BCUT2D eigenvalue weighted by molar-refractivity contribution is 5.93. The second kappa shape index (κ2) is 4.43. The number of nitrogens with one attached hydrogen (secondary N) is 3. The van der Waals surface area contributed by atoms with E-state index < -0.39 is 0 Å². The first-order valence-electron chi connectivity index (χ1n) is 4.71. The molecule has 0 fully saturated rings. The maximum atomic E-state index is 11.6. The first kappa shape index (κ1) is 10.2. The van der Waals surface area contributed by atoms with Gasteiger partial charge in [-0.3, -0.25) is 9.59 Å². The van der Waals surface area contributed by atoms with Crippen LogP contribution in [0.15, 0.2) is 35.5 Å². The summed E-state index contributed by atoms with van der Waals surface area (Å²) < 4.78 is 0. The average Bonchev–Trinajstić information content (AvgIpc) is 2.80. The Kier molecular flexibility index (Phi) is 2.81. The zero-order valence-corrected chi connectivity index (χ0v) is 8.36. The lowest BCUT2D eigenvalue weighted by molar-refractivity contribution is 0.0949. The molecule has 0 aromatic carbocycles. The summed E-state index contributed by atoms with van der Waals surface area (Å²) in [5.74, 6) is 0.422. The molecule has 1 amide bonds. The van der Waals surface area contributed by atoms with E-state index in [-0.39, 0.29) is 11.5 Å². The maximum absolute atomic E-state index is 11.6. The molecule has 6 heteroatoms. The third-order valence-corrected chi connectivity index (χ3v) is 2.02. The Balaban J connectivity index is 1.98. The predicted octanol–water partition coefficient (Wildman–Crippen LogP) is 0.0280. The Morgan fingerprint density at radius 3 is 2.88 bits per heavy atom. The van der Waals surface area contributed by atoms with Gasteiger partial charge in [0.1, 0.15) is 5.82 Å². The normalized spacial score (nSPS) is 10.0. The monoisotopic (exact) mass is 218 g/mol. The van der Waals surface area contributed by atoms with Crippen molar-refractivity contribution in [3.8, 4) is 0 Å². The molecule has 0 aliphatic rings. The van der Waals surface area contributed by atoms with Crippen molar-refractivity contribution in [3.05, 3.63) is 52.5 Å². The molecule has 0 unspecified atom stereocenters. The summed E-state index contributed by atoms with van der Waals surface area (Å²) in [6.07, 6.45) is 4.67. The van der Waals surface area contributed by atoms with Gasteiger partial charge in [0.2, 0.25) is 5.56 Å². The van der Waals surface area contributed by atoms with Crippen molar-refractivity contribution < 1.29 is 4.79 Å². The standard InChI is InChI=1S/C10H10N4O2/c15-9-2-1-7(5-13-9)10(16)14-6-8-11-3-4-12-8/h1-5H,6H2,(H,11,12)(H,13,15)(H,14,16). The van der Waals surface area contributed by atoms with E-state index in [1.807, 2.05) is 0 Å². The number of nitrogens with zero attached hydrogens (tertiary/aromatic N) is 1. The van der Waals surface area contributed by atoms with Gasteiger partial charge in [-0.1, -0.05) is 0 Å². The largest absolute Gasteiger partial charge is 0.347 e. The molecule has 0 atom stereocenters. The molecule has 3 N–H and O–H groups in total. The van der Waals surface area contributed by atoms with Crippen LogP contribution in [0.5, 0.6) is 0 Å². The van der Waals surface area contributed by atoms with E-state index in [4.69, 9.17) is 0 Å². The smallest absolute Gasteiger partial charge is 0.253 e. The van der Waals surface area contributed by atoms with E-state index in [9.17, 15) is 9.59 Å². The van der Waals surface area contributed by atoms with E-state index in [1.165, 1.54) is 18.3 Å². The zero-order chi connectivity index (χ0) is 11.4. The summed E-state index contributed by atoms with van der Waals surface area (Å²) in [5, 5.41) is 2.67. The lowest BCUT2D eigenvalue weighted by Gasteiger charge is -2.02. The van der Waals surface area contributed by atoms with Gasteiger partial charge in [-0.2, -0.15) is 0 Å². The minimum absolute atomic E-state index is 0.234. The molecule has 0 radical (unpaired) electrons. The van der Waals surface area contributed by atoms with Gasteiger partial charge in [-0.05, 0) is 6.07 Å². The molecule has 2 rings (SSSR count). The summed E-state index contributed by atoms with van der Waals surface area (Å²) in [7, 11) is 0. The van der Waals surface area contributed by atoms with Crippen LogP contribution in [0.3, 0.4) is 0 Å². The third-order valence-electron chi connectivity index (χ3n) is 2.02. The molecule has 0 bridgehead atoms. The Labute approximate surface area is 90.7 Å². The second-order valence-electron chi connectivity index (χ2n) is 3.16. The van der Waals surface area contributed by atoms with Gasteiger partial charge in [0.25, 0.3) is 5.91 Å². The van der Waals surface area contributed by atoms with E-state index in [2.05, 4.69) is 20.3 Å². The molecule has 0 aliphatic carbocycles. The average molecular weight is 218 g/mol. The van der Waals surface area contributed by atoms with Crippen LogP contribution in [0.4, 0.5) is 0 Å². The number of imidazole rings is 1. The van der Waals surface area contributed by atoms with Crippen molar-refractivity contribution in [1.29, 1.82) is 0 Å². The summed E-state index contributed by atoms with van der Waals surface area (Å²) in [6, 6.07) is 2.78. The molecule has 2 aromatic heterocycles. The van der Waals surface area contributed by atoms with Crippen molar-refractivity contribution in [3.63, 3.8) is 0 Å². The Hall–Kier alpha value is -2.37. The molecule has 16 heavy (non-hydrogen) atoms. The van der Waals surface area contributed by atoms with Crippen LogP contribution in [0.1, 0.15) is 16.2 Å². The SMILES string of the molecule is O=C(NCc1ncc[nH]1)c1ccc(=O)[nH]c1. The van der Waals surface area contributed by atoms with Crippen molar-refractivity contribution in [2.24, 2.45) is 0 Å². The number of amides is 1. The number of carbonyl (C=O) groups excluding carboxylic acids is 1. The van der Waals surface area contributed by atoms with Gasteiger partial charge in [-0.25, -0.2) is 4.98 Å². The van der Waals surface area contributed by atoms with Crippen LogP contribution in [0.25, 0.3) is 0 Å². The number of hydrogen-bond donors (Lipinski definition) is 3. The zero-order valence-electron chi connectivity index (χ0n) is 8.36. The summed E-state index contributed by atoms with van der Waals surface area (Å²) in [5.41, 5.74) is 0.175. The Bertz CT molecular complexity index is 510. The minimum atomic E-state index is -0.257. The molecule has 2 heterocycles. The van der Waals surface area contributed by atoms with Gasteiger partial charge in [0, 0.05) is 24.7 Å². The quantitative estimate of drug-likeness (QED) is 0.678. The lowest BCUT2D eigenvalue weighted by Crippen LogP contribution is -2.24. The predicted molar refractivity (Wildman–Crippen MR) is 56.8 cm³/mol. The van der Waals surface area contributed by atoms with Crippen molar-refractivity contribution in [2.75, 3.05) is 0 Å². The highest BCUT2D eigenvalue weighted by Gasteiger charge is 2.05. The maximum Gasteiger partial charge on any atom is 0.253 e. The highest BCUT2D eigenvalue weighted by Crippen LogP contribution is 1.94. The number of hydrogen-bond acceptors (Lipinski definition) is 3. The van der Waals surface area contributed by atoms with Gasteiger partial charge in [0.15, 0.2) is 0 Å². The van der Waals surface area contributed by atoms with Crippen molar-refractivity contribution in [1.82, 2.24) is 20.3 Å². The first-order valence-corrected chi connectivity index (χ1v) is 4.71. The van der Waals surface area contributed by atoms with Gasteiger partial charge in [0.05, 0.1) is 12.1 Å². The van der Waals surface area contributed by atoms with Crippen molar-refractivity contribution >= 4 is 5.91 Å². The Morgan fingerprint density at radius 2 is 2.25 bits per heavy atom. The second-order valence-corrected chi connectivity index (χ2v) is 3.16. The molecule has 0 saturated carbocycles. The fraction of sp³-hybridized carbons (Fsp3) is 0.100. The van der Waals surface area contributed by atoms with Crippen LogP contribution >= 0.6 is 0 Å². The van der Waals surface area contributed by atoms with Crippen LogP contribution in [0.2, 0.25) is 0 Å². The first-order chi connectivity index (χ1) is 7.75. The molecule has 0 aliphatic heterocycles. The van der Waals surface area contributed by atoms with Gasteiger partial charge in [-0.15, -0.1) is 0 Å². The van der Waals surface area contributed by atoms with Gasteiger partial charge >= 0.3 is 0 Å². The van der Waals surface area contributed by atoms with E-state index >= 15 is 0 Å². The fourth-order valence-corrected chi connectivity index (χ4v) is 1.21. The molecular weight excluding hydrogens is 208 g/mol. The van der Waals surface area contributed by atoms with Gasteiger partial charge < -0.3 is 15.3 Å². The van der Waals surface area contributed by atoms with E-state index in [0.29, 0.717) is 17.9 Å². The summed E-state index contributed by atoms with van der Waals surface area (Å²) in [6.45, 7) is 0.324. The van der Waals surface area contributed by atoms with Crippen molar-refractivity contribution in [2.45, 2.75) is 6.54 Å². The lowest BCUT2D eigenvalue weighted by atomic mass is 10.3. The highest BCUT2D eigenvalue weighted by atomic mass is 16.1. The summed E-state index contributed by atoms with van der Waals surface area (Å²) in [4.78, 5) is 31.6. The third kappa shape index (κ3) is 2.35. The minimum Gasteiger partial charge on any atom is -0.347 e. The number of carbonyl (C=O) groups is 1.